The maximum absolute atomic E-state index is 13.0. The summed E-state index contributed by atoms with van der Waals surface area (Å²) in [7, 11) is -3.82. The Morgan fingerprint density at radius 1 is 0.957 bits per heavy atom. The molecule has 116 valence electrons. The quantitative estimate of drug-likeness (QED) is 0.722. The van der Waals surface area contributed by atoms with E-state index in [1.165, 1.54) is 0 Å². The van der Waals surface area contributed by atoms with Gasteiger partial charge >= 0.3 is 0 Å². The topological polar surface area (TPSA) is 62.9 Å². The van der Waals surface area contributed by atoms with Gasteiger partial charge in [-0.2, -0.15) is 5.26 Å². The number of hydrogen-bond donors (Lipinski definition) is 0. The number of fused-ring (bicyclic) bond motifs is 1. The molecule has 0 spiro atoms. The van der Waals surface area contributed by atoms with E-state index in [9.17, 15) is 13.7 Å². The van der Waals surface area contributed by atoms with E-state index >= 15 is 0 Å². The van der Waals surface area contributed by atoms with Gasteiger partial charge in [-0.3, -0.25) is 0 Å². The zero-order valence-corrected chi connectivity index (χ0v) is 14.0. The van der Waals surface area contributed by atoms with E-state index in [2.05, 4.69) is 0 Å². The molecule has 2 aromatic carbocycles. The standard InChI is InChI=1S/C18H16N2O2S/c1-12-4-7-15(8-5-12)23(21,22)20-17-9-6-13(2)10-16(17)14(3)18(20)11-19/h4-10H,1-3H3. The first-order chi connectivity index (χ1) is 10.9. The van der Waals surface area contributed by atoms with E-state index in [1.807, 2.05) is 32.0 Å². The van der Waals surface area contributed by atoms with Crippen molar-refractivity contribution < 1.29 is 8.42 Å². The number of nitrogens with zero attached hydrogens (tertiary/aromatic N) is 2. The predicted octanol–water partition coefficient (Wildman–Crippen LogP) is 3.68. The minimum Gasteiger partial charge on any atom is -0.223 e. The summed E-state index contributed by atoms with van der Waals surface area (Å²) >= 11 is 0. The van der Waals surface area contributed by atoms with Crippen molar-refractivity contribution in [2.75, 3.05) is 0 Å². The van der Waals surface area contributed by atoms with Crippen LogP contribution in [0.25, 0.3) is 10.9 Å². The molecule has 5 heteroatoms. The summed E-state index contributed by atoms with van der Waals surface area (Å²) in [5.41, 5.74) is 3.38. The van der Waals surface area contributed by atoms with Gasteiger partial charge in [0.25, 0.3) is 10.0 Å². The van der Waals surface area contributed by atoms with Crippen LogP contribution in [0.2, 0.25) is 0 Å². The molecule has 23 heavy (non-hydrogen) atoms. The maximum Gasteiger partial charge on any atom is 0.269 e. The summed E-state index contributed by atoms with van der Waals surface area (Å²) in [6.07, 6.45) is 0. The third kappa shape index (κ3) is 2.32. The number of hydrogen-bond acceptors (Lipinski definition) is 3. The molecule has 1 aromatic heterocycles. The van der Waals surface area contributed by atoms with Gasteiger partial charge in [0.15, 0.2) is 0 Å². The van der Waals surface area contributed by atoms with E-state index in [4.69, 9.17) is 0 Å². The van der Waals surface area contributed by atoms with Crippen molar-refractivity contribution in [1.82, 2.24) is 3.97 Å². The lowest BCUT2D eigenvalue weighted by Gasteiger charge is -2.09. The minimum absolute atomic E-state index is 0.158. The summed E-state index contributed by atoms with van der Waals surface area (Å²) < 4.78 is 27.3. The van der Waals surface area contributed by atoms with Crippen LogP contribution >= 0.6 is 0 Å². The van der Waals surface area contributed by atoms with E-state index in [1.54, 1.807) is 37.3 Å². The highest BCUT2D eigenvalue weighted by molar-refractivity contribution is 7.90. The van der Waals surface area contributed by atoms with Crippen LogP contribution in [0.4, 0.5) is 0 Å². The molecule has 0 aliphatic rings. The van der Waals surface area contributed by atoms with Gasteiger partial charge in [0.1, 0.15) is 11.8 Å². The van der Waals surface area contributed by atoms with Gasteiger partial charge in [-0.05, 0) is 50.6 Å². The zero-order chi connectivity index (χ0) is 16.8. The molecule has 0 atom stereocenters. The molecule has 0 saturated carbocycles. The van der Waals surface area contributed by atoms with Crippen molar-refractivity contribution in [1.29, 1.82) is 5.26 Å². The van der Waals surface area contributed by atoms with Crippen LogP contribution in [0.5, 0.6) is 0 Å². The molecule has 4 nitrogen and oxygen atoms in total. The first-order valence-corrected chi connectivity index (χ1v) is 8.64. The third-order valence-corrected chi connectivity index (χ3v) is 5.73. The highest BCUT2D eigenvalue weighted by Crippen LogP contribution is 2.30. The van der Waals surface area contributed by atoms with Crippen LogP contribution in [-0.2, 0) is 10.0 Å². The lowest BCUT2D eigenvalue weighted by Crippen LogP contribution is -2.14. The van der Waals surface area contributed by atoms with Gasteiger partial charge in [0.2, 0.25) is 0 Å². The zero-order valence-electron chi connectivity index (χ0n) is 13.2. The van der Waals surface area contributed by atoms with Gasteiger partial charge in [-0.25, -0.2) is 12.4 Å². The van der Waals surface area contributed by atoms with Crippen molar-refractivity contribution >= 4 is 20.9 Å². The van der Waals surface area contributed by atoms with Crippen molar-refractivity contribution in [3.05, 3.63) is 64.8 Å². The van der Waals surface area contributed by atoms with Crippen molar-refractivity contribution in [3.8, 4) is 6.07 Å². The average Bonchev–Trinajstić information content (AvgIpc) is 2.80. The van der Waals surface area contributed by atoms with Gasteiger partial charge in [-0.1, -0.05) is 29.3 Å². The second kappa shape index (κ2) is 5.25. The van der Waals surface area contributed by atoms with Crippen molar-refractivity contribution in [2.24, 2.45) is 0 Å². The fraction of sp³-hybridized carbons (Fsp3) is 0.167. The number of rotatable bonds is 2. The van der Waals surface area contributed by atoms with Crippen LogP contribution in [0.15, 0.2) is 47.4 Å². The van der Waals surface area contributed by atoms with Crippen LogP contribution in [0.3, 0.4) is 0 Å². The second-order valence-electron chi connectivity index (χ2n) is 5.69. The molecule has 0 unspecified atom stereocenters. The van der Waals surface area contributed by atoms with Crippen LogP contribution in [0, 0.1) is 32.1 Å². The van der Waals surface area contributed by atoms with Gasteiger partial charge in [0, 0.05) is 5.39 Å². The molecule has 0 radical (unpaired) electrons. The van der Waals surface area contributed by atoms with E-state index < -0.39 is 10.0 Å². The fourth-order valence-corrected chi connectivity index (χ4v) is 4.25. The highest BCUT2D eigenvalue weighted by Gasteiger charge is 2.25. The van der Waals surface area contributed by atoms with Crippen molar-refractivity contribution in [2.45, 2.75) is 25.7 Å². The lowest BCUT2D eigenvalue weighted by molar-refractivity contribution is 0.588. The number of aromatic nitrogens is 1. The number of nitriles is 1. The average molecular weight is 324 g/mol. The maximum atomic E-state index is 13.0. The molecular weight excluding hydrogens is 308 g/mol. The predicted molar refractivity (Wildman–Crippen MR) is 89.9 cm³/mol. The molecule has 0 aliphatic carbocycles. The van der Waals surface area contributed by atoms with Gasteiger partial charge in [-0.15, -0.1) is 0 Å². The fourth-order valence-electron chi connectivity index (χ4n) is 2.72. The van der Waals surface area contributed by atoms with Gasteiger partial charge in [0.05, 0.1) is 10.4 Å². The number of aryl methyl sites for hydroxylation is 3. The minimum atomic E-state index is -3.82. The van der Waals surface area contributed by atoms with Gasteiger partial charge < -0.3 is 0 Å². The first kappa shape index (κ1) is 15.3. The molecule has 0 saturated heterocycles. The Morgan fingerprint density at radius 2 is 1.57 bits per heavy atom. The summed E-state index contributed by atoms with van der Waals surface area (Å²) in [5.74, 6) is 0. The molecule has 0 N–H and O–H groups in total. The summed E-state index contributed by atoms with van der Waals surface area (Å²) in [5, 5.41) is 10.3. The Balaban J connectivity index is 2.40. The van der Waals surface area contributed by atoms with E-state index in [0.29, 0.717) is 11.1 Å². The van der Waals surface area contributed by atoms with Crippen LogP contribution < -0.4 is 0 Å². The molecule has 0 amide bonds. The molecule has 0 fully saturated rings. The Labute approximate surface area is 135 Å². The summed E-state index contributed by atoms with van der Waals surface area (Å²) in [4.78, 5) is 0.178. The van der Waals surface area contributed by atoms with E-state index in [-0.39, 0.29) is 10.6 Å². The monoisotopic (exact) mass is 324 g/mol. The lowest BCUT2D eigenvalue weighted by atomic mass is 10.1. The second-order valence-corrected chi connectivity index (χ2v) is 7.48. The molecule has 3 aromatic rings. The summed E-state index contributed by atoms with van der Waals surface area (Å²) in [6, 6.07) is 14.2. The molecular formula is C18H16N2O2S. The van der Waals surface area contributed by atoms with E-state index in [0.717, 1.165) is 20.5 Å². The SMILES string of the molecule is Cc1ccc(S(=O)(=O)n2c(C#N)c(C)c3cc(C)ccc32)cc1. The Hall–Kier alpha value is -2.58. The normalized spacial score (nSPS) is 11.6. The smallest absolute Gasteiger partial charge is 0.223 e. The Bertz CT molecular complexity index is 1050. The van der Waals surface area contributed by atoms with Crippen LogP contribution in [-0.4, -0.2) is 12.4 Å². The largest absolute Gasteiger partial charge is 0.269 e. The van der Waals surface area contributed by atoms with Crippen LogP contribution in [0.1, 0.15) is 22.4 Å². The first-order valence-electron chi connectivity index (χ1n) is 7.20. The Morgan fingerprint density at radius 3 is 2.17 bits per heavy atom. The van der Waals surface area contributed by atoms with Crippen molar-refractivity contribution in [3.63, 3.8) is 0 Å². The molecule has 3 rings (SSSR count). The highest BCUT2D eigenvalue weighted by atomic mass is 32.2. The Kier molecular flexibility index (Phi) is 3.50. The molecule has 1 heterocycles. The summed E-state index contributed by atoms with van der Waals surface area (Å²) in [6.45, 7) is 5.62. The number of benzene rings is 2. The molecule has 0 bridgehead atoms. The molecule has 0 aliphatic heterocycles. The third-order valence-electron chi connectivity index (χ3n) is 4.00.